The maximum atomic E-state index is 12.9. The molecule has 3 heteroatoms. The van der Waals surface area contributed by atoms with Crippen LogP contribution in [-0.2, 0) is 6.42 Å². The summed E-state index contributed by atoms with van der Waals surface area (Å²) < 4.78 is 12.9. The second-order valence-electron chi connectivity index (χ2n) is 9.86. The molecule has 0 saturated heterocycles. The average Bonchev–Trinajstić information content (AvgIpc) is 2.83. The molecule has 0 atom stereocenters. The quantitative estimate of drug-likeness (QED) is 0.300. The van der Waals surface area contributed by atoms with E-state index in [0.29, 0.717) is 6.42 Å². The third kappa shape index (κ3) is 7.81. The van der Waals surface area contributed by atoms with Gasteiger partial charge >= 0.3 is 0 Å². The zero-order valence-corrected chi connectivity index (χ0v) is 18.9. The zero-order valence-electron chi connectivity index (χ0n) is 18.9. The van der Waals surface area contributed by atoms with Gasteiger partial charge in [-0.2, -0.15) is 14.9 Å². The van der Waals surface area contributed by atoms with Gasteiger partial charge in [-0.1, -0.05) is 50.7 Å². The van der Waals surface area contributed by atoms with Crippen LogP contribution >= 0.6 is 0 Å². The van der Waals surface area contributed by atoms with Crippen molar-refractivity contribution in [1.29, 1.82) is 10.5 Å². The molecule has 31 heavy (non-hydrogen) atoms. The maximum Gasteiger partial charge on any atom is 0.196 e. The zero-order chi connectivity index (χ0) is 21.9. The number of rotatable bonds is 9. The van der Waals surface area contributed by atoms with Crippen LogP contribution in [0.3, 0.4) is 0 Å². The Labute approximate surface area is 188 Å². The molecule has 2 saturated carbocycles. The van der Waals surface area contributed by atoms with Crippen molar-refractivity contribution in [2.75, 3.05) is 0 Å². The standard InChI is InChI=1S/C28H37FN2/c29-28(21-31)7-3-6-24-14-18-27(19-15-24)26-16-12-23(13-17-26)5-2-1-4-22-8-10-25(20-30)11-9-22/h7-11,23-24,26-27H,1-6,12-19H2. The summed E-state index contributed by atoms with van der Waals surface area (Å²) in [4.78, 5) is 0. The van der Waals surface area contributed by atoms with Gasteiger partial charge in [0.15, 0.2) is 5.83 Å². The predicted molar refractivity (Wildman–Crippen MR) is 124 cm³/mol. The van der Waals surface area contributed by atoms with Gasteiger partial charge in [-0.15, -0.1) is 0 Å². The minimum absolute atomic E-state index is 0.625. The lowest BCUT2D eigenvalue weighted by Gasteiger charge is -2.38. The highest BCUT2D eigenvalue weighted by atomic mass is 19.1. The van der Waals surface area contributed by atoms with Crippen molar-refractivity contribution in [2.24, 2.45) is 23.7 Å². The van der Waals surface area contributed by atoms with Crippen molar-refractivity contribution in [3.8, 4) is 12.1 Å². The van der Waals surface area contributed by atoms with Gasteiger partial charge in [-0.05, 0) is 98.8 Å². The van der Waals surface area contributed by atoms with E-state index in [4.69, 9.17) is 10.5 Å². The Hall–Kier alpha value is -2.13. The molecule has 1 aromatic rings. The molecule has 0 spiro atoms. The number of hydrogen-bond acceptors (Lipinski definition) is 2. The van der Waals surface area contributed by atoms with Crippen LogP contribution in [0.2, 0.25) is 0 Å². The molecule has 0 heterocycles. The van der Waals surface area contributed by atoms with E-state index in [2.05, 4.69) is 18.2 Å². The van der Waals surface area contributed by atoms with Gasteiger partial charge in [0.05, 0.1) is 11.6 Å². The van der Waals surface area contributed by atoms with E-state index < -0.39 is 5.83 Å². The fraction of sp³-hybridized carbons (Fsp3) is 0.643. The molecule has 0 aliphatic heterocycles. The molecule has 2 nitrogen and oxygen atoms in total. The van der Waals surface area contributed by atoms with Gasteiger partial charge in [0, 0.05) is 0 Å². The average molecular weight is 421 g/mol. The third-order valence-electron chi connectivity index (χ3n) is 7.87. The van der Waals surface area contributed by atoms with Crippen LogP contribution in [0.4, 0.5) is 4.39 Å². The molecule has 0 bridgehead atoms. The van der Waals surface area contributed by atoms with E-state index in [0.717, 1.165) is 42.1 Å². The summed E-state index contributed by atoms with van der Waals surface area (Å²) in [5.74, 6) is 2.88. The van der Waals surface area contributed by atoms with Gasteiger partial charge in [-0.25, -0.2) is 0 Å². The van der Waals surface area contributed by atoms with E-state index >= 15 is 0 Å². The molecular weight excluding hydrogens is 383 g/mol. The second-order valence-corrected chi connectivity index (χ2v) is 9.86. The lowest BCUT2D eigenvalue weighted by atomic mass is 9.68. The molecule has 0 N–H and O–H groups in total. The number of nitrogens with zero attached hydrogens (tertiary/aromatic N) is 2. The highest BCUT2D eigenvalue weighted by Gasteiger charge is 2.30. The minimum Gasteiger partial charge on any atom is -0.195 e. The van der Waals surface area contributed by atoms with Crippen molar-refractivity contribution in [3.63, 3.8) is 0 Å². The number of halogens is 1. The molecule has 3 rings (SSSR count). The summed E-state index contributed by atoms with van der Waals surface area (Å²) in [7, 11) is 0. The van der Waals surface area contributed by atoms with Crippen molar-refractivity contribution in [3.05, 3.63) is 47.3 Å². The molecule has 2 fully saturated rings. The molecule has 2 aliphatic rings. The SMILES string of the molecule is N#CC(F)=CCCC1CCC(C2CCC(CCCCc3ccc(C#N)cc3)CC2)CC1. The fourth-order valence-corrected chi connectivity index (χ4v) is 5.90. The minimum atomic E-state index is -0.625. The number of benzene rings is 1. The Morgan fingerprint density at radius 1 is 0.839 bits per heavy atom. The topological polar surface area (TPSA) is 47.6 Å². The van der Waals surface area contributed by atoms with E-state index in [9.17, 15) is 4.39 Å². The van der Waals surface area contributed by atoms with Crippen LogP contribution < -0.4 is 0 Å². The second kappa shape index (κ2) is 12.7. The Balaban J connectivity index is 1.26. The van der Waals surface area contributed by atoms with E-state index in [1.54, 1.807) is 6.07 Å². The summed E-state index contributed by atoms with van der Waals surface area (Å²) in [6.07, 6.45) is 19.3. The van der Waals surface area contributed by atoms with Crippen molar-refractivity contribution in [2.45, 2.75) is 89.9 Å². The predicted octanol–water partition coefficient (Wildman–Crippen LogP) is 8.04. The normalized spacial score (nSPS) is 26.7. The van der Waals surface area contributed by atoms with Crippen molar-refractivity contribution in [1.82, 2.24) is 0 Å². The largest absolute Gasteiger partial charge is 0.196 e. The molecule has 0 aromatic heterocycles. The monoisotopic (exact) mass is 420 g/mol. The van der Waals surface area contributed by atoms with Crippen LogP contribution in [0.15, 0.2) is 36.2 Å². The van der Waals surface area contributed by atoms with Crippen molar-refractivity contribution < 1.29 is 4.39 Å². The first-order valence-electron chi connectivity index (χ1n) is 12.4. The first kappa shape index (κ1) is 23.5. The van der Waals surface area contributed by atoms with Crippen molar-refractivity contribution >= 4 is 0 Å². The molecule has 0 radical (unpaired) electrons. The molecule has 2 aliphatic carbocycles. The number of allylic oxidation sites excluding steroid dienone is 2. The van der Waals surface area contributed by atoms with Gasteiger partial charge < -0.3 is 0 Å². The molecule has 0 amide bonds. The summed E-state index contributed by atoms with van der Waals surface area (Å²) in [5.41, 5.74) is 2.10. The Bertz CT molecular complexity index is 767. The first-order chi connectivity index (χ1) is 15.2. The van der Waals surface area contributed by atoms with Gasteiger partial charge in [0.1, 0.15) is 6.07 Å². The summed E-state index contributed by atoms with van der Waals surface area (Å²) >= 11 is 0. The highest BCUT2D eigenvalue weighted by Crippen LogP contribution is 2.43. The smallest absolute Gasteiger partial charge is 0.195 e. The summed E-state index contributed by atoms with van der Waals surface area (Å²) in [5, 5.41) is 17.4. The van der Waals surface area contributed by atoms with E-state index in [1.807, 2.05) is 12.1 Å². The number of unbranched alkanes of at least 4 members (excludes halogenated alkanes) is 1. The van der Waals surface area contributed by atoms with Gasteiger partial charge in [-0.3, -0.25) is 0 Å². The lowest BCUT2D eigenvalue weighted by molar-refractivity contribution is 0.140. The Kier molecular flexibility index (Phi) is 9.61. The number of nitriles is 2. The van der Waals surface area contributed by atoms with Crippen LogP contribution in [0.5, 0.6) is 0 Å². The molecular formula is C28H37FN2. The van der Waals surface area contributed by atoms with Crippen LogP contribution in [0.25, 0.3) is 0 Å². The van der Waals surface area contributed by atoms with Crippen LogP contribution in [-0.4, -0.2) is 0 Å². The van der Waals surface area contributed by atoms with E-state index in [1.165, 1.54) is 82.3 Å². The Morgan fingerprint density at radius 3 is 1.97 bits per heavy atom. The maximum absolute atomic E-state index is 12.9. The third-order valence-corrected chi connectivity index (χ3v) is 7.87. The first-order valence-corrected chi connectivity index (χ1v) is 12.4. The highest BCUT2D eigenvalue weighted by molar-refractivity contribution is 5.31. The number of hydrogen-bond donors (Lipinski definition) is 0. The fourth-order valence-electron chi connectivity index (χ4n) is 5.90. The van der Waals surface area contributed by atoms with Gasteiger partial charge in [0.25, 0.3) is 0 Å². The lowest BCUT2D eigenvalue weighted by Crippen LogP contribution is -2.25. The van der Waals surface area contributed by atoms with Crippen LogP contribution in [0.1, 0.15) is 94.6 Å². The summed E-state index contributed by atoms with van der Waals surface area (Å²) in [6.45, 7) is 0. The van der Waals surface area contributed by atoms with Crippen LogP contribution in [0, 0.1) is 46.3 Å². The molecule has 1 aromatic carbocycles. The van der Waals surface area contributed by atoms with Gasteiger partial charge in [0.2, 0.25) is 0 Å². The van der Waals surface area contributed by atoms with E-state index in [-0.39, 0.29) is 0 Å². The number of aryl methyl sites for hydroxylation is 1. The molecule has 166 valence electrons. The molecule has 0 unspecified atom stereocenters. The Morgan fingerprint density at radius 2 is 1.42 bits per heavy atom. The summed E-state index contributed by atoms with van der Waals surface area (Å²) in [6, 6.07) is 11.8.